The number of hydrogen-bond donors (Lipinski definition) is 2. The summed E-state index contributed by atoms with van der Waals surface area (Å²) < 4.78 is 13.1. The van der Waals surface area contributed by atoms with Gasteiger partial charge in [0.15, 0.2) is 0 Å². The number of nitrogens with one attached hydrogen (secondary N) is 1. The molecule has 164 valence electrons. The Morgan fingerprint density at radius 1 is 1.00 bits per heavy atom. The van der Waals surface area contributed by atoms with Gasteiger partial charge in [-0.25, -0.2) is 14.2 Å². The SMILES string of the molecule is O=C(Nc1cnc(N2CCN(c3ccccc3Cl)CC2)c(C(=O)O)c1)c1ccc(F)cc1. The fraction of sp³-hybridized carbons (Fsp3) is 0.174. The molecule has 1 amide bonds. The average molecular weight is 455 g/mol. The zero-order valence-corrected chi connectivity index (χ0v) is 17.7. The highest BCUT2D eigenvalue weighted by molar-refractivity contribution is 6.33. The van der Waals surface area contributed by atoms with Gasteiger partial charge < -0.3 is 20.2 Å². The van der Waals surface area contributed by atoms with Crippen molar-refractivity contribution >= 4 is 40.7 Å². The van der Waals surface area contributed by atoms with Crippen LogP contribution in [-0.2, 0) is 0 Å². The second kappa shape index (κ2) is 9.23. The van der Waals surface area contributed by atoms with Crippen LogP contribution in [0.3, 0.4) is 0 Å². The third-order valence-corrected chi connectivity index (χ3v) is 5.55. The van der Waals surface area contributed by atoms with Crippen LogP contribution in [0.2, 0.25) is 5.02 Å². The number of pyridine rings is 1. The molecule has 1 aliphatic heterocycles. The minimum atomic E-state index is -1.14. The molecular weight excluding hydrogens is 435 g/mol. The Kier molecular flexibility index (Phi) is 6.23. The molecule has 7 nitrogen and oxygen atoms in total. The molecule has 2 aromatic carbocycles. The maximum Gasteiger partial charge on any atom is 0.339 e. The van der Waals surface area contributed by atoms with Crippen LogP contribution < -0.4 is 15.1 Å². The van der Waals surface area contributed by atoms with Crippen molar-refractivity contribution < 1.29 is 19.1 Å². The molecule has 2 heterocycles. The molecule has 0 bridgehead atoms. The highest BCUT2D eigenvalue weighted by Crippen LogP contribution is 2.28. The first-order valence-corrected chi connectivity index (χ1v) is 10.3. The number of aromatic carboxylic acids is 1. The molecule has 0 saturated carbocycles. The molecule has 4 rings (SSSR count). The molecule has 0 atom stereocenters. The molecule has 0 radical (unpaired) electrons. The molecule has 9 heteroatoms. The van der Waals surface area contributed by atoms with Crippen LogP contribution in [0.15, 0.2) is 60.8 Å². The quantitative estimate of drug-likeness (QED) is 0.602. The van der Waals surface area contributed by atoms with E-state index in [0.717, 1.165) is 5.69 Å². The minimum absolute atomic E-state index is 0.00639. The van der Waals surface area contributed by atoms with E-state index in [1.54, 1.807) is 0 Å². The molecule has 1 aromatic heterocycles. The van der Waals surface area contributed by atoms with Gasteiger partial charge in [0.05, 0.1) is 22.6 Å². The number of carbonyl (C=O) groups excluding carboxylic acids is 1. The number of carbonyl (C=O) groups is 2. The summed E-state index contributed by atoms with van der Waals surface area (Å²) in [5, 5.41) is 13.0. The number of para-hydroxylation sites is 1. The lowest BCUT2D eigenvalue weighted by molar-refractivity contribution is 0.0696. The number of piperazine rings is 1. The van der Waals surface area contributed by atoms with Crippen molar-refractivity contribution in [3.05, 3.63) is 82.8 Å². The van der Waals surface area contributed by atoms with Crippen LogP contribution in [0, 0.1) is 5.82 Å². The Hall–Kier alpha value is -3.65. The van der Waals surface area contributed by atoms with E-state index in [9.17, 15) is 19.1 Å². The molecule has 1 saturated heterocycles. The highest BCUT2D eigenvalue weighted by atomic mass is 35.5. The second-order valence-corrected chi connectivity index (χ2v) is 7.69. The van der Waals surface area contributed by atoms with E-state index in [4.69, 9.17) is 11.6 Å². The fourth-order valence-electron chi connectivity index (χ4n) is 3.61. The molecule has 0 spiro atoms. The zero-order chi connectivity index (χ0) is 22.7. The summed E-state index contributed by atoms with van der Waals surface area (Å²) in [5.74, 6) is -1.73. The smallest absolute Gasteiger partial charge is 0.339 e. The van der Waals surface area contributed by atoms with Crippen LogP contribution in [0.4, 0.5) is 21.6 Å². The first-order chi connectivity index (χ1) is 15.4. The normalized spacial score (nSPS) is 13.7. The number of aromatic nitrogens is 1. The van der Waals surface area contributed by atoms with E-state index < -0.39 is 17.7 Å². The summed E-state index contributed by atoms with van der Waals surface area (Å²) >= 11 is 6.29. The Morgan fingerprint density at radius 3 is 2.31 bits per heavy atom. The van der Waals surface area contributed by atoms with Gasteiger partial charge in [0, 0.05) is 31.7 Å². The third-order valence-electron chi connectivity index (χ3n) is 5.23. The topological polar surface area (TPSA) is 85.8 Å². The number of nitrogens with zero attached hydrogens (tertiary/aromatic N) is 3. The fourth-order valence-corrected chi connectivity index (χ4v) is 3.86. The summed E-state index contributed by atoms with van der Waals surface area (Å²) in [6.45, 7) is 2.46. The number of carboxylic acids is 1. The number of benzene rings is 2. The Morgan fingerprint density at radius 2 is 1.66 bits per heavy atom. The summed E-state index contributed by atoms with van der Waals surface area (Å²) in [7, 11) is 0. The number of amides is 1. The number of rotatable bonds is 5. The standard InChI is InChI=1S/C23H20ClFN4O3/c24-19-3-1-2-4-20(19)28-9-11-29(12-10-28)21-18(23(31)32)13-17(14-26-21)27-22(30)15-5-7-16(25)8-6-15/h1-8,13-14H,9-12H2,(H,27,30)(H,31,32). The predicted molar refractivity (Wildman–Crippen MR) is 121 cm³/mol. The van der Waals surface area contributed by atoms with Gasteiger partial charge >= 0.3 is 5.97 Å². The van der Waals surface area contributed by atoms with Gasteiger partial charge in [-0.1, -0.05) is 23.7 Å². The lowest BCUT2D eigenvalue weighted by Crippen LogP contribution is -2.47. The van der Waals surface area contributed by atoms with Gasteiger partial charge in [-0.15, -0.1) is 0 Å². The van der Waals surface area contributed by atoms with Crippen LogP contribution in [0.1, 0.15) is 20.7 Å². The van der Waals surface area contributed by atoms with E-state index in [-0.39, 0.29) is 16.8 Å². The van der Waals surface area contributed by atoms with Gasteiger partial charge in [0.1, 0.15) is 17.2 Å². The van der Waals surface area contributed by atoms with Crippen molar-refractivity contribution in [3.8, 4) is 0 Å². The van der Waals surface area contributed by atoms with Crippen LogP contribution in [0.25, 0.3) is 0 Å². The van der Waals surface area contributed by atoms with E-state index in [1.807, 2.05) is 29.2 Å². The maximum atomic E-state index is 13.1. The van der Waals surface area contributed by atoms with Gasteiger partial charge in [-0.3, -0.25) is 4.79 Å². The monoisotopic (exact) mass is 454 g/mol. The summed E-state index contributed by atoms with van der Waals surface area (Å²) in [5.41, 5.74) is 1.44. The van der Waals surface area contributed by atoms with E-state index in [1.165, 1.54) is 36.5 Å². The minimum Gasteiger partial charge on any atom is -0.478 e. The van der Waals surface area contributed by atoms with Crippen molar-refractivity contribution in [1.29, 1.82) is 0 Å². The molecule has 2 N–H and O–H groups in total. The van der Waals surface area contributed by atoms with Gasteiger partial charge in [0.25, 0.3) is 5.91 Å². The average Bonchev–Trinajstić information content (AvgIpc) is 2.80. The Bertz CT molecular complexity index is 1150. The van der Waals surface area contributed by atoms with Crippen LogP contribution in [0.5, 0.6) is 0 Å². The summed E-state index contributed by atoms with van der Waals surface area (Å²) in [4.78, 5) is 32.6. The molecule has 1 aliphatic rings. The molecule has 0 unspecified atom stereocenters. The first kappa shape index (κ1) is 21.6. The lowest BCUT2D eigenvalue weighted by atomic mass is 10.1. The van der Waals surface area contributed by atoms with Crippen LogP contribution >= 0.6 is 11.6 Å². The Balaban J connectivity index is 1.49. The largest absolute Gasteiger partial charge is 0.478 e. The van der Waals surface area contributed by atoms with Gasteiger partial charge in [-0.05, 0) is 42.5 Å². The first-order valence-electron chi connectivity index (χ1n) is 9.97. The number of carboxylic acid groups (broad SMARTS) is 1. The van der Waals surface area contributed by atoms with Crippen molar-refractivity contribution in [2.24, 2.45) is 0 Å². The summed E-state index contributed by atoms with van der Waals surface area (Å²) in [6, 6.07) is 14.0. The third kappa shape index (κ3) is 4.65. The second-order valence-electron chi connectivity index (χ2n) is 7.29. The predicted octanol–water partition coefficient (Wildman–Crippen LogP) is 4.15. The van der Waals surface area contributed by atoms with Gasteiger partial charge in [-0.2, -0.15) is 0 Å². The van der Waals surface area contributed by atoms with Crippen molar-refractivity contribution in [2.45, 2.75) is 0 Å². The van der Waals surface area contributed by atoms with Crippen molar-refractivity contribution in [3.63, 3.8) is 0 Å². The van der Waals surface area contributed by atoms with Crippen molar-refractivity contribution in [1.82, 2.24) is 4.98 Å². The highest BCUT2D eigenvalue weighted by Gasteiger charge is 2.24. The Labute approximate surface area is 189 Å². The zero-order valence-electron chi connectivity index (χ0n) is 17.0. The number of anilines is 3. The molecule has 32 heavy (non-hydrogen) atoms. The molecular formula is C23H20ClFN4O3. The van der Waals surface area contributed by atoms with E-state index >= 15 is 0 Å². The number of hydrogen-bond acceptors (Lipinski definition) is 5. The molecule has 0 aliphatic carbocycles. The van der Waals surface area contributed by atoms with Gasteiger partial charge in [0.2, 0.25) is 0 Å². The maximum absolute atomic E-state index is 13.1. The molecule has 3 aromatic rings. The van der Waals surface area contributed by atoms with Crippen molar-refractivity contribution in [2.75, 3.05) is 41.3 Å². The van der Waals surface area contributed by atoms with E-state index in [0.29, 0.717) is 37.0 Å². The molecule has 1 fully saturated rings. The summed E-state index contributed by atoms with van der Waals surface area (Å²) in [6.07, 6.45) is 1.42. The van der Waals surface area contributed by atoms with Crippen LogP contribution in [-0.4, -0.2) is 48.1 Å². The van der Waals surface area contributed by atoms with E-state index in [2.05, 4.69) is 15.2 Å². The number of halogens is 2. The lowest BCUT2D eigenvalue weighted by Gasteiger charge is -2.37.